The maximum Gasteiger partial charge on any atom is 0.146 e. The van der Waals surface area contributed by atoms with E-state index in [-0.39, 0.29) is 5.82 Å². The molecule has 1 aliphatic rings. The van der Waals surface area contributed by atoms with E-state index in [0.717, 1.165) is 24.1 Å². The Labute approximate surface area is 124 Å². The molecule has 0 heterocycles. The van der Waals surface area contributed by atoms with E-state index < -0.39 is 0 Å². The molecule has 1 aromatic rings. The van der Waals surface area contributed by atoms with E-state index >= 15 is 0 Å². The zero-order valence-electron chi connectivity index (χ0n) is 12.0. The van der Waals surface area contributed by atoms with Gasteiger partial charge in [0.1, 0.15) is 5.82 Å². The minimum Gasteiger partial charge on any atom is -0.369 e. The van der Waals surface area contributed by atoms with Gasteiger partial charge in [0.2, 0.25) is 0 Å². The van der Waals surface area contributed by atoms with Crippen molar-refractivity contribution in [2.24, 2.45) is 5.41 Å². The molecule has 19 heavy (non-hydrogen) atoms. The number of rotatable bonds is 3. The highest BCUT2D eigenvalue weighted by molar-refractivity contribution is 9.08. The fourth-order valence-electron chi connectivity index (χ4n) is 3.02. The van der Waals surface area contributed by atoms with E-state index in [4.69, 9.17) is 0 Å². The van der Waals surface area contributed by atoms with Gasteiger partial charge in [0.25, 0.3) is 0 Å². The SMILES string of the molecule is CN(c1c(F)cccc1CBr)C1CCC(C)(C)CC1. The van der Waals surface area contributed by atoms with Crippen molar-refractivity contribution in [3.05, 3.63) is 29.6 Å². The topological polar surface area (TPSA) is 3.24 Å². The Hall–Kier alpha value is -0.570. The van der Waals surface area contributed by atoms with Gasteiger partial charge in [-0.2, -0.15) is 0 Å². The minimum atomic E-state index is -0.107. The number of hydrogen-bond acceptors (Lipinski definition) is 1. The summed E-state index contributed by atoms with van der Waals surface area (Å²) in [5.41, 5.74) is 2.25. The number of benzene rings is 1. The first-order chi connectivity index (χ1) is 8.94. The molecule has 1 aliphatic carbocycles. The molecule has 0 saturated heterocycles. The van der Waals surface area contributed by atoms with E-state index in [0.29, 0.717) is 16.8 Å². The summed E-state index contributed by atoms with van der Waals surface area (Å²) < 4.78 is 14.1. The van der Waals surface area contributed by atoms with Crippen molar-refractivity contribution >= 4 is 21.6 Å². The number of alkyl halides is 1. The molecular weight excluding hydrogens is 305 g/mol. The molecule has 0 unspecified atom stereocenters. The molecule has 0 radical (unpaired) electrons. The van der Waals surface area contributed by atoms with Gasteiger partial charge in [-0.25, -0.2) is 4.39 Å². The van der Waals surface area contributed by atoms with Crippen molar-refractivity contribution in [3.8, 4) is 0 Å². The lowest BCUT2D eigenvalue weighted by Gasteiger charge is -2.40. The normalized spacial score (nSPS) is 19.4. The van der Waals surface area contributed by atoms with Gasteiger partial charge in [-0.15, -0.1) is 0 Å². The molecule has 2 rings (SSSR count). The van der Waals surface area contributed by atoms with E-state index in [1.807, 2.05) is 13.1 Å². The first kappa shape index (κ1) is 14.8. The molecule has 1 aromatic carbocycles. The lowest BCUT2D eigenvalue weighted by Crippen LogP contribution is -2.38. The zero-order chi connectivity index (χ0) is 14.0. The fraction of sp³-hybridized carbons (Fsp3) is 0.625. The van der Waals surface area contributed by atoms with Crippen molar-refractivity contribution in [1.29, 1.82) is 0 Å². The number of para-hydroxylation sites is 1. The lowest BCUT2D eigenvalue weighted by molar-refractivity contribution is 0.222. The van der Waals surface area contributed by atoms with Crippen LogP contribution in [0.5, 0.6) is 0 Å². The van der Waals surface area contributed by atoms with E-state index in [1.165, 1.54) is 12.8 Å². The third kappa shape index (κ3) is 3.31. The average Bonchev–Trinajstić information content (AvgIpc) is 2.37. The van der Waals surface area contributed by atoms with Gasteiger partial charge < -0.3 is 4.90 Å². The fourth-order valence-corrected chi connectivity index (χ4v) is 3.47. The predicted octanol–water partition coefficient (Wildman–Crippen LogP) is 5.13. The van der Waals surface area contributed by atoms with Crippen LogP contribution >= 0.6 is 15.9 Å². The first-order valence-corrected chi connectivity index (χ1v) is 8.13. The predicted molar refractivity (Wildman–Crippen MR) is 83.5 cm³/mol. The molecule has 3 heteroatoms. The number of nitrogens with zero attached hydrogens (tertiary/aromatic N) is 1. The Morgan fingerprint density at radius 1 is 1.32 bits per heavy atom. The molecule has 0 aliphatic heterocycles. The van der Waals surface area contributed by atoms with Crippen molar-refractivity contribution in [2.45, 2.75) is 50.9 Å². The van der Waals surface area contributed by atoms with Crippen LogP contribution in [0.25, 0.3) is 0 Å². The summed E-state index contributed by atoms with van der Waals surface area (Å²) in [4.78, 5) is 2.15. The summed E-state index contributed by atoms with van der Waals surface area (Å²) in [6.45, 7) is 4.66. The second kappa shape index (κ2) is 5.82. The van der Waals surface area contributed by atoms with Gasteiger partial charge in [-0.3, -0.25) is 0 Å². The standard InChI is InChI=1S/C16H23BrFN/c1-16(2)9-7-13(8-10-16)19(3)15-12(11-17)5-4-6-14(15)18/h4-6,13H,7-11H2,1-3H3. The second-order valence-electron chi connectivity index (χ2n) is 6.39. The van der Waals surface area contributed by atoms with E-state index in [9.17, 15) is 4.39 Å². The Bertz CT molecular complexity index is 434. The van der Waals surface area contributed by atoms with Gasteiger partial charge in [0, 0.05) is 18.4 Å². The largest absolute Gasteiger partial charge is 0.369 e. The van der Waals surface area contributed by atoms with Crippen LogP contribution in [0.2, 0.25) is 0 Å². The minimum absolute atomic E-state index is 0.107. The maximum atomic E-state index is 14.1. The van der Waals surface area contributed by atoms with Crippen LogP contribution in [-0.4, -0.2) is 13.1 Å². The third-order valence-corrected chi connectivity index (χ3v) is 5.03. The highest BCUT2D eigenvalue weighted by Crippen LogP contribution is 2.39. The van der Waals surface area contributed by atoms with Crippen LogP contribution in [0, 0.1) is 11.2 Å². The van der Waals surface area contributed by atoms with Crippen LogP contribution in [0.1, 0.15) is 45.1 Å². The first-order valence-electron chi connectivity index (χ1n) is 7.01. The highest BCUT2D eigenvalue weighted by atomic mass is 79.9. The van der Waals surface area contributed by atoms with Crippen LogP contribution in [0.4, 0.5) is 10.1 Å². The summed E-state index contributed by atoms with van der Waals surface area (Å²) in [6, 6.07) is 5.80. The van der Waals surface area contributed by atoms with Crippen LogP contribution in [0.15, 0.2) is 18.2 Å². The number of anilines is 1. The molecule has 0 N–H and O–H groups in total. The van der Waals surface area contributed by atoms with Crippen LogP contribution in [-0.2, 0) is 5.33 Å². The Morgan fingerprint density at radius 2 is 1.95 bits per heavy atom. The van der Waals surface area contributed by atoms with Gasteiger partial charge in [0.05, 0.1) is 5.69 Å². The Balaban J connectivity index is 2.18. The molecule has 0 bridgehead atoms. The molecule has 0 spiro atoms. The van der Waals surface area contributed by atoms with Gasteiger partial charge in [-0.1, -0.05) is 41.9 Å². The summed E-state index contributed by atoms with van der Waals surface area (Å²) in [5, 5.41) is 0.697. The van der Waals surface area contributed by atoms with Crippen molar-refractivity contribution in [2.75, 3.05) is 11.9 Å². The molecular formula is C16H23BrFN. The molecule has 106 valence electrons. The molecule has 1 saturated carbocycles. The quantitative estimate of drug-likeness (QED) is 0.696. The monoisotopic (exact) mass is 327 g/mol. The summed E-state index contributed by atoms with van der Waals surface area (Å²) >= 11 is 3.46. The van der Waals surface area contributed by atoms with Crippen molar-refractivity contribution in [3.63, 3.8) is 0 Å². The number of halogens is 2. The maximum absolute atomic E-state index is 14.1. The molecule has 0 atom stereocenters. The zero-order valence-corrected chi connectivity index (χ0v) is 13.6. The average molecular weight is 328 g/mol. The second-order valence-corrected chi connectivity index (χ2v) is 6.95. The Morgan fingerprint density at radius 3 is 2.53 bits per heavy atom. The summed E-state index contributed by atoms with van der Waals surface area (Å²) in [7, 11) is 2.04. The van der Waals surface area contributed by atoms with Crippen molar-refractivity contribution in [1.82, 2.24) is 0 Å². The van der Waals surface area contributed by atoms with Crippen molar-refractivity contribution < 1.29 is 4.39 Å². The van der Waals surface area contributed by atoms with Crippen LogP contribution < -0.4 is 4.90 Å². The molecule has 0 amide bonds. The third-order valence-electron chi connectivity index (χ3n) is 4.42. The van der Waals surface area contributed by atoms with E-state index in [1.54, 1.807) is 12.1 Å². The van der Waals surface area contributed by atoms with Gasteiger partial charge in [-0.05, 0) is 42.7 Å². The highest BCUT2D eigenvalue weighted by Gasteiger charge is 2.30. The molecule has 1 nitrogen and oxygen atoms in total. The van der Waals surface area contributed by atoms with Crippen LogP contribution in [0.3, 0.4) is 0 Å². The smallest absolute Gasteiger partial charge is 0.146 e. The number of hydrogen-bond donors (Lipinski definition) is 0. The molecule has 1 fully saturated rings. The lowest BCUT2D eigenvalue weighted by atomic mass is 9.75. The molecule has 0 aromatic heterocycles. The van der Waals surface area contributed by atoms with E-state index in [2.05, 4.69) is 34.7 Å². The van der Waals surface area contributed by atoms with Gasteiger partial charge in [0.15, 0.2) is 0 Å². The summed E-state index contributed by atoms with van der Waals surface area (Å²) in [5.74, 6) is -0.107. The Kier molecular flexibility index (Phi) is 4.54. The van der Waals surface area contributed by atoms with Gasteiger partial charge >= 0.3 is 0 Å². The summed E-state index contributed by atoms with van der Waals surface area (Å²) in [6.07, 6.45) is 4.75.